The highest BCUT2D eigenvalue weighted by molar-refractivity contribution is 5.75. The van der Waals surface area contributed by atoms with Gasteiger partial charge in [-0.05, 0) is 24.3 Å². The highest BCUT2D eigenvalue weighted by atomic mass is 16.5. The Bertz CT molecular complexity index is 460. The standard InChI is InChI=1S/C14H13NO/c1-16-14-9-7-13(8-10-14)15-11-12-5-3-2-4-6-12/h2-11H,1H3/p+1. The second kappa shape index (κ2) is 5.12. The average molecular weight is 212 g/mol. The summed E-state index contributed by atoms with van der Waals surface area (Å²) in [4.78, 5) is 3.23. The van der Waals surface area contributed by atoms with Crippen molar-refractivity contribution in [2.24, 2.45) is 0 Å². The fourth-order valence-corrected chi connectivity index (χ4v) is 1.40. The molecule has 2 aromatic carbocycles. The molecule has 0 radical (unpaired) electrons. The van der Waals surface area contributed by atoms with Gasteiger partial charge in [0.25, 0.3) is 0 Å². The Balaban J connectivity index is 2.12. The third kappa shape index (κ3) is 2.70. The third-order valence-corrected chi connectivity index (χ3v) is 2.30. The summed E-state index contributed by atoms with van der Waals surface area (Å²) in [5.74, 6) is 0.866. The van der Waals surface area contributed by atoms with Gasteiger partial charge in [-0.1, -0.05) is 18.2 Å². The van der Waals surface area contributed by atoms with E-state index in [9.17, 15) is 0 Å². The lowest BCUT2D eigenvalue weighted by Crippen LogP contribution is -2.61. The van der Waals surface area contributed by atoms with E-state index < -0.39 is 0 Å². The van der Waals surface area contributed by atoms with Crippen LogP contribution in [0.1, 0.15) is 5.56 Å². The summed E-state index contributed by atoms with van der Waals surface area (Å²) in [6.07, 6.45) is 1.97. The van der Waals surface area contributed by atoms with Crippen LogP contribution in [-0.4, -0.2) is 13.3 Å². The normalized spacial score (nSPS) is 10.6. The number of benzene rings is 2. The van der Waals surface area contributed by atoms with Gasteiger partial charge < -0.3 is 4.74 Å². The zero-order chi connectivity index (χ0) is 11.2. The van der Waals surface area contributed by atoms with Crippen LogP contribution in [0.5, 0.6) is 5.75 Å². The van der Waals surface area contributed by atoms with Gasteiger partial charge in [0.2, 0.25) is 5.69 Å². The van der Waals surface area contributed by atoms with E-state index in [1.54, 1.807) is 7.11 Å². The summed E-state index contributed by atoms with van der Waals surface area (Å²) in [6.45, 7) is 0. The summed E-state index contributed by atoms with van der Waals surface area (Å²) in [7, 11) is 1.67. The maximum absolute atomic E-state index is 5.09. The maximum Gasteiger partial charge on any atom is 0.203 e. The molecule has 0 aliphatic heterocycles. The Labute approximate surface area is 95.2 Å². The smallest absolute Gasteiger partial charge is 0.203 e. The minimum absolute atomic E-state index is 0.866. The number of nitrogens with one attached hydrogen (secondary N) is 1. The molecule has 80 valence electrons. The van der Waals surface area contributed by atoms with Crippen molar-refractivity contribution in [2.75, 3.05) is 7.11 Å². The average Bonchev–Trinajstić information content (AvgIpc) is 2.38. The van der Waals surface area contributed by atoms with Crippen LogP contribution in [0.3, 0.4) is 0 Å². The molecule has 2 rings (SSSR count). The van der Waals surface area contributed by atoms with E-state index in [0.717, 1.165) is 17.0 Å². The van der Waals surface area contributed by atoms with Gasteiger partial charge in [0.1, 0.15) is 5.75 Å². The molecule has 0 aliphatic rings. The fourth-order valence-electron chi connectivity index (χ4n) is 1.40. The Kier molecular flexibility index (Phi) is 3.34. The topological polar surface area (TPSA) is 23.2 Å². The summed E-state index contributed by atoms with van der Waals surface area (Å²) >= 11 is 0. The van der Waals surface area contributed by atoms with Crippen molar-refractivity contribution in [1.29, 1.82) is 0 Å². The van der Waals surface area contributed by atoms with Crippen LogP contribution in [0.4, 0.5) is 5.69 Å². The molecule has 0 unspecified atom stereocenters. The van der Waals surface area contributed by atoms with Gasteiger partial charge in [-0.25, -0.2) is 4.99 Å². The molecule has 16 heavy (non-hydrogen) atoms. The summed E-state index contributed by atoms with van der Waals surface area (Å²) in [5.41, 5.74) is 2.20. The maximum atomic E-state index is 5.09. The first kappa shape index (κ1) is 10.4. The summed E-state index contributed by atoms with van der Waals surface area (Å²) in [5, 5.41) is 0. The zero-order valence-corrected chi connectivity index (χ0v) is 9.18. The van der Waals surface area contributed by atoms with Crippen molar-refractivity contribution in [2.45, 2.75) is 0 Å². The predicted molar refractivity (Wildman–Crippen MR) is 65.2 cm³/mol. The molecule has 2 heteroatoms. The van der Waals surface area contributed by atoms with E-state index in [4.69, 9.17) is 4.74 Å². The van der Waals surface area contributed by atoms with E-state index in [1.165, 1.54) is 0 Å². The first-order valence-corrected chi connectivity index (χ1v) is 5.17. The molecular formula is C14H14NO+. The second-order valence-corrected chi connectivity index (χ2v) is 3.43. The highest BCUT2D eigenvalue weighted by Crippen LogP contribution is 2.10. The van der Waals surface area contributed by atoms with Crippen molar-refractivity contribution < 1.29 is 9.73 Å². The van der Waals surface area contributed by atoms with Gasteiger partial charge in [0.05, 0.1) is 7.11 Å². The van der Waals surface area contributed by atoms with Crippen LogP contribution in [0.2, 0.25) is 0 Å². The minimum Gasteiger partial charge on any atom is -0.497 e. The monoisotopic (exact) mass is 212 g/mol. The lowest BCUT2D eigenvalue weighted by Gasteiger charge is -1.95. The molecule has 0 aliphatic carbocycles. The van der Waals surface area contributed by atoms with Gasteiger partial charge in [0, 0.05) is 17.7 Å². The first-order valence-electron chi connectivity index (χ1n) is 5.17. The number of ether oxygens (including phenoxy) is 1. The Hall–Kier alpha value is -2.09. The molecule has 0 bridgehead atoms. The van der Waals surface area contributed by atoms with E-state index >= 15 is 0 Å². The molecule has 0 aromatic heterocycles. The van der Waals surface area contributed by atoms with Crippen LogP contribution < -0.4 is 9.73 Å². The number of rotatable bonds is 3. The molecule has 0 heterocycles. The van der Waals surface area contributed by atoms with Gasteiger partial charge in [-0.3, -0.25) is 0 Å². The first-order chi connectivity index (χ1) is 7.88. The van der Waals surface area contributed by atoms with Crippen LogP contribution in [-0.2, 0) is 0 Å². The largest absolute Gasteiger partial charge is 0.497 e. The molecule has 0 spiro atoms. The molecule has 2 nitrogen and oxygen atoms in total. The number of methoxy groups -OCH3 is 1. The number of hydrogen-bond acceptors (Lipinski definition) is 1. The predicted octanol–water partition coefficient (Wildman–Crippen LogP) is 1.53. The highest BCUT2D eigenvalue weighted by Gasteiger charge is 1.96. The van der Waals surface area contributed by atoms with Crippen molar-refractivity contribution in [3.63, 3.8) is 0 Å². The van der Waals surface area contributed by atoms with Crippen molar-refractivity contribution in [3.05, 3.63) is 60.2 Å². The van der Waals surface area contributed by atoms with Gasteiger partial charge in [-0.2, -0.15) is 0 Å². The molecule has 0 fully saturated rings. The van der Waals surface area contributed by atoms with E-state index in [0.29, 0.717) is 0 Å². The SMILES string of the molecule is COc1ccc([NH+]=Cc2ccccc2)cc1. The van der Waals surface area contributed by atoms with E-state index in [2.05, 4.69) is 17.1 Å². The lowest BCUT2D eigenvalue weighted by molar-refractivity contribution is -0.346. The van der Waals surface area contributed by atoms with Crippen molar-refractivity contribution in [1.82, 2.24) is 0 Å². The van der Waals surface area contributed by atoms with Crippen molar-refractivity contribution >= 4 is 11.9 Å². The van der Waals surface area contributed by atoms with Crippen LogP contribution in [0.25, 0.3) is 0 Å². The lowest BCUT2D eigenvalue weighted by atomic mass is 10.2. The minimum atomic E-state index is 0.866. The molecule has 2 aromatic rings. The van der Waals surface area contributed by atoms with E-state index in [-0.39, 0.29) is 0 Å². The Morgan fingerprint density at radius 2 is 1.62 bits per heavy atom. The molecule has 0 saturated heterocycles. The second-order valence-electron chi connectivity index (χ2n) is 3.43. The quantitative estimate of drug-likeness (QED) is 0.766. The third-order valence-electron chi connectivity index (χ3n) is 2.30. The van der Waals surface area contributed by atoms with Crippen molar-refractivity contribution in [3.8, 4) is 5.75 Å². The van der Waals surface area contributed by atoms with Crippen LogP contribution in [0.15, 0.2) is 54.6 Å². The molecular weight excluding hydrogens is 198 g/mol. The summed E-state index contributed by atoms with van der Waals surface area (Å²) < 4.78 is 5.09. The molecule has 1 N–H and O–H groups in total. The number of hydrogen-bond donors (Lipinski definition) is 1. The molecule has 0 atom stereocenters. The van der Waals surface area contributed by atoms with Gasteiger partial charge in [0.15, 0.2) is 6.21 Å². The fraction of sp³-hybridized carbons (Fsp3) is 0.0714. The Morgan fingerprint density at radius 1 is 0.938 bits per heavy atom. The van der Waals surface area contributed by atoms with Gasteiger partial charge >= 0.3 is 0 Å². The summed E-state index contributed by atoms with van der Waals surface area (Å²) in [6, 6.07) is 18.0. The van der Waals surface area contributed by atoms with E-state index in [1.807, 2.05) is 48.7 Å². The zero-order valence-electron chi connectivity index (χ0n) is 9.18. The van der Waals surface area contributed by atoms with Crippen LogP contribution >= 0.6 is 0 Å². The van der Waals surface area contributed by atoms with Crippen LogP contribution in [0, 0.1) is 0 Å². The van der Waals surface area contributed by atoms with Gasteiger partial charge in [-0.15, -0.1) is 0 Å². The molecule has 0 amide bonds. The Morgan fingerprint density at radius 3 is 2.25 bits per heavy atom. The molecule has 0 saturated carbocycles.